The lowest BCUT2D eigenvalue weighted by atomic mass is 10.2. The molecule has 0 aliphatic heterocycles. The number of benzene rings is 1. The lowest BCUT2D eigenvalue weighted by Crippen LogP contribution is -2.32. The molecule has 1 fully saturated rings. The zero-order chi connectivity index (χ0) is 15.5. The number of nitrogens with one attached hydrogen (secondary N) is 2. The second-order valence-electron chi connectivity index (χ2n) is 5.24. The third kappa shape index (κ3) is 4.41. The highest BCUT2D eigenvalue weighted by Gasteiger charge is 2.28. The first-order chi connectivity index (χ1) is 9.92. The summed E-state index contributed by atoms with van der Waals surface area (Å²) in [4.78, 5) is 11.9. The van der Waals surface area contributed by atoms with E-state index in [0.717, 1.165) is 5.56 Å². The van der Waals surface area contributed by atoms with Crippen LogP contribution in [0.2, 0.25) is 0 Å². The zero-order valence-electron chi connectivity index (χ0n) is 12.2. The molecule has 2 rings (SSSR count). The first-order valence-corrected chi connectivity index (χ1v) is 8.43. The molecule has 6 heteroatoms. The van der Waals surface area contributed by atoms with Crippen LogP contribution in [-0.2, 0) is 14.8 Å². The maximum Gasteiger partial charge on any atom is 0.244 e. The van der Waals surface area contributed by atoms with Gasteiger partial charge >= 0.3 is 0 Å². The number of hydrogen-bond donors (Lipinski definition) is 2. The fourth-order valence-corrected chi connectivity index (χ4v) is 2.76. The summed E-state index contributed by atoms with van der Waals surface area (Å²) < 4.78 is 25.4. The fraction of sp³-hybridized carbons (Fsp3) is 0.400. The zero-order valence-corrected chi connectivity index (χ0v) is 13.0. The Morgan fingerprint density at radius 2 is 1.90 bits per heavy atom. The average Bonchev–Trinajstić information content (AvgIpc) is 3.30. The van der Waals surface area contributed by atoms with Crippen molar-refractivity contribution in [3.05, 3.63) is 35.9 Å². The Morgan fingerprint density at radius 1 is 1.29 bits per heavy atom. The van der Waals surface area contributed by atoms with Gasteiger partial charge < -0.3 is 5.32 Å². The van der Waals surface area contributed by atoms with E-state index >= 15 is 0 Å². The minimum atomic E-state index is -3.42. The van der Waals surface area contributed by atoms with Crippen molar-refractivity contribution in [3.63, 3.8) is 0 Å². The third-order valence-electron chi connectivity index (χ3n) is 3.59. The van der Waals surface area contributed by atoms with Crippen molar-refractivity contribution >= 4 is 22.0 Å². The van der Waals surface area contributed by atoms with Crippen molar-refractivity contribution in [3.8, 4) is 0 Å². The molecule has 1 atom stereocenters. The van der Waals surface area contributed by atoms with Gasteiger partial charge in [-0.15, -0.1) is 0 Å². The second-order valence-corrected chi connectivity index (χ2v) is 7.13. The van der Waals surface area contributed by atoms with Crippen LogP contribution >= 0.6 is 0 Å². The molecule has 1 aliphatic rings. The largest absolute Gasteiger partial charge is 0.350 e. The van der Waals surface area contributed by atoms with E-state index in [0.29, 0.717) is 5.92 Å². The van der Waals surface area contributed by atoms with E-state index in [-0.39, 0.29) is 16.8 Å². The first-order valence-electron chi connectivity index (χ1n) is 6.94. The van der Waals surface area contributed by atoms with Crippen LogP contribution in [0, 0.1) is 5.92 Å². The summed E-state index contributed by atoms with van der Waals surface area (Å²) in [6, 6.07) is 6.56. The van der Waals surface area contributed by atoms with Gasteiger partial charge in [0.15, 0.2) is 0 Å². The van der Waals surface area contributed by atoms with Crippen LogP contribution in [0.1, 0.15) is 25.3 Å². The Labute approximate surface area is 125 Å². The van der Waals surface area contributed by atoms with E-state index in [1.807, 2.05) is 6.92 Å². The Balaban J connectivity index is 1.96. The molecule has 0 spiro atoms. The molecule has 0 heterocycles. The molecule has 1 aliphatic carbocycles. The van der Waals surface area contributed by atoms with Gasteiger partial charge in [0.05, 0.1) is 4.90 Å². The number of carbonyl (C=O) groups excluding carboxylic acids is 1. The molecule has 1 amide bonds. The van der Waals surface area contributed by atoms with E-state index in [4.69, 9.17) is 0 Å². The summed E-state index contributed by atoms with van der Waals surface area (Å²) in [6.45, 7) is 2.01. The third-order valence-corrected chi connectivity index (χ3v) is 5.02. The monoisotopic (exact) mass is 308 g/mol. The van der Waals surface area contributed by atoms with Crippen LogP contribution in [0.5, 0.6) is 0 Å². The Morgan fingerprint density at radius 3 is 2.43 bits per heavy atom. The lowest BCUT2D eigenvalue weighted by molar-refractivity contribution is -0.117. The van der Waals surface area contributed by atoms with E-state index in [1.165, 1.54) is 38.1 Å². The van der Waals surface area contributed by atoms with Gasteiger partial charge in [-0.05, 0) is 56.5 Å². The van der Waals surface area contributed by atoms with Crippen LogP contribution in [0.4, 0.5) is 0 Å². The molecular weight excluding hydrogens is 288 g/mol. The number of carbonyl (C=O) groups is 1. The Bertz CT molecular complexity index is 631. The van der Waals surface area contributed by atoms with Gasteiger partial charge in [-0.2, -0.15) is 0 Å². The molecule has 1 aromatic rings. The number of rotatable bonds is 6. The summed E-state index contributed by atoms with van der Waals surface area (Å²) in [7, 11) is -2.05. The highest BCUT2D eigenvalue weighted by molar-refractivity contribution is 7.89. The van der Waals surface area contributed by atoms with E-state index < -0.39 is 10.0 Å². The van der Waals surface area contributed by atoms with Crippen molar-refractivity contribution < 1.29 is 13.2 Å². The van der Waals surface area contributed by atoms with Crippen molar-refractivity contribution in [1.82, 2.24) is 10.0 Å². The van der Waals surface area contributed by atoms with Crippen molar-refractivity contribution in [2.24, 2.45) is 5.92 Å². The van der Waals surface area contributed by atoms with E-state index in [2.05, 4.69) is 10.0 Å². The standard InChI is InChI=1S/C15H20N2O3S/c1-11(13-6-7-13)17-15(18)10-5-12-3-8-14(9-4-12)21(19,20)16-2/h3-5,8-11,13,16H,6-7H2,1-2H3,(H,17,18)/b10-5+. The number of sulfonamides is 1. The molecule has 1 saturated carbocycles. The minimum Gasteiger partial charge on any atom is -0.350 e. The van der Waals surface area contributed by atoms with Crippen molar-refractivity contribution in [2.75, 3.05) is 7.05 Å². The fourth-order valence-electron chi connectivity index (χ4n) is 2.03. The quantitative estimate of drug-likeness (QED) is 0.783. The van der Waals surface area contributed by atoms with Crippen molar-refractivity contribution in [2.45, 2.75) is 30.7 Å². The number of amides is 1. The molecule has 1 unspecified atom stereocenters. The smallest absolute Gasteiger partial charge is 0.244 e. The van der Waals surface area contributed by atoms with E-state index in [1.54, 1.807) is 18.2 Å². The maximum atomic E-state index is 11.7. The maximum absolute atomic E-state index is 11.7. The molecule has 0 radical (unpaired) electrons. The van der Waals surface area contributed by atoms with Gasteiger partial charge in [0.1, 0.15) is 0 Å². The predicted octanol–water partition coefficient (Wildman–Crippen LogP) is 1.52. The van der Waals surface area contributed by atoms with Crippen molar-refractivity contribution in [1.29, 1.82) is 0 Å². The van der Waals surface area contributed by atoms with Crippen LogP contribution in [0.15, 0.2) is 35.2 Å². The Hall–Kier alpha value is -1.66. The summed E-state index contributed by atoms with van der Waals surface area (Å²) in [5.41, 5.74) is 0.777. The van der Waals surface area contributed by atoms with Crippen LogP contribution in [0.25, 0.3) is 6.08 Å². The molecule has 114 valence electrons. The van der Waals surface area contributed by atoms with Crippen LogP contribution in [0.3, 0.4) is 0 Å². The molecule has 0 bridgehead atoms. The molecule has 0 saturated heterocycles. The Kier molecular flexibility index (Phi) is 4.80. The topological polar surface area (TPSA) is 75.3 Å². The van der Waals surface area contributed by atoms with Gasteiger partial charge in [0.25, 0.3) is 0 Å². The molecule has 1 aromatic carbocycles. The molecule has 0 aromatic heterocycles. The van der Waals surface area contributed by atoms with Gasteiger partial charge in [-0.25, -0.2) is 13.1 Å². The molecule has 2 N–H and O–H groups in total. The lowest BCUT2D eigenvalue weighted by Gasteiger charge is -2.10. The van der Waals surface area contributed by atoms with Crippen LogP contribution in [-0.4, -0.2) is 27.4 Å². The minimum absolute atomic E-state index is 0.124. The predicted molar refractivity (Wildman–Crippen MR) is 82.1 cm³/mol. The summed E-state index contributed by atoms with van der Waals surface area (Å²) in [6.07, 6.45) is 5.52. The summed E-state index contributed by atoms with van der Waals surface area (Å²) in [5.74, 6) is 0.495. The van der Waals surface area contributed by atoms with E-state index in [9.17, 15) is 13.2 Å². The molecule has 5 nitrogen and oxygen atoms in total. The van der Waals surface area contributed by atoms with Gasteiger partial charge in [-0.3, -0.25) is 4.79 Å². The normalized spacial score (nSPS) is 16.9. The average molecular weight is 308 g/mol. The molecule has 21 heavy (non-hydrogen) atoms. The SMILES string of the molecule is CNS(=O)(=O)c1ccc(/C=C/C(=O)NC(C)C2CC2)cc1. The van der Waals surface area contributed by atoms with Gasteiger partial charge in [0, 0.05) is 12.1 Å². The highest BCUT2D eigenvalue weighted by Crippen LogP contribution is 2.32. The molecular formula is C15H20N2O3S. The van der Waals surface area contributed by atoms with Crippen LogP contribution < -0.4 is 10.0 Å². The highest BCUT2D eigenvalue weighted by atomic mass is 32.2. The van der Waals surface area contributed by atoms with Gasteiger partial charge in [0.2, 0.25) is 15.9 Å². The number of hydrogen-bond acceptors (Lipinski definition) is 3. The van der Waals surface area contributed by atoms with Gasteiger partial charge in [-0.1, -0.05) is 12.1 Å². The summed E-state index contributed by atoms with van der Waals surface area (Å²) >= 11 is 0. The second kappa shape index (κ2) is 6.41. The first kappa shape index (κ1) is 15.7. The summed E-state index contributed by atoms with van der Waals surface area (Å²) in [5, 5.41) is 2.93.